The van der Waals surface area contributed by atoms with Crippen molar-refractivity contribution in [2.75, 3.05) is 0 Å². The minimum Gasteiger partial charge on any atom is -0.393 e. The third-order valence-electron chi connectivity index (χ3n) is 3.76. The van der Waals surface area contributed by atoms with Gasteiger partial charge in [0.2, 0.25) is 0 Å². The molecule has 0 aliphatic carbocycles. The van der Waals surface area contributed by atoms with E-state index in [-0.39, 0.29) is 11.5 Å². The molecule has 0 fully saturated rings. The second kappa shape index (κ2) is 5.64. The Labute approximate surface area is 83.5 Å². The van der Waals surface area contributed by atoms with Crippen molar-refractivity contribution >= 4 is 0 Å². The van der Waals surface area contributed by atoms with Crippen molar-refractivity contribution in [3.63, 3.8) is 0 Å². The van der Waals surface area contributed by atoms with E-state index in [4.69, 9.17) is 0 Å². The standard InChI is InChI=1S/C12H26O/c1-6-8-9-12(5,11(4)13)10(3)7-2/h10-11,13H,6-9H2,1-5H3/t10?,11-,12-/m1/s1. The molecule has 0 heterocycles. The van der Waals surface area contributed by atoms with Gasteiger partial charge in [0.05, 0.1) is 6.10 Å². The molecule has 0 amide bonds. The zero-order valence-electron chi connectivity index (χ0n) is 9.93. The molecule has 1 N–H and O–H groups in total. The van der Waals surface area contributed by atoms with Crippen molar-refractivity contribution in [2.45, 2.75) is 66.4 Å². The van der Waals surface area contributed by atoms with Crippen molar-refractivity contribution < 1.29 is 5.11 Å². The summed E-state index contributed by atoms with van der Waals surface area (Å²) < 4.78 is 0. The summed E-state index contributed by atoms with van der Waals surface area (Å²) in [5.74, 6) is 0.610. The molecule has 3 atom stereocenters. The summed E-state index contributed by atoms with van der Waals surface area (Å²) in [5.41, 5.74) is 0.116. The van der Waals surface area contributed by atoms with Crippen LogP contribution in [0.5, 0.6) is 0 Å². The van der Waals surface area contributed by atoms with Gasteiger partial charge in [0, 0.05) is 0 Å². The zero-order valence-corrected chi connectivity index (χ0v) is 9.93. The van der Waals surface area contributed by atoms with Gasteiger partial charge in [-0.1, -0.05) is 47.0 Å². The van der Waals surface area contributed by atoms with Crippen molar-refractivity contribution in [3.05, 3.63) is 0 Å². The molecule has 0 aromatic carbocycles. The van der Waals surface area contributed by atoms with Gasteiger partial charge in [0.25, 0.3) is 0 Å². The van der Waals surface area contributed by atoms with E-state index in [1.165, 1.54) is 12.8 Å². The third-order valence-corrected chi connectivity index (χ3v) is 3.76. The maximum atomic E-state index is 9.80. The molecule has 1 unspecified atom stereocenters. The van der Waals surface area contributed by atoms with Crippen LogP contribution in [0.1, 0.15) is 60.3 Å². The Hall–Kier alpha value is -0.0400. The van der Waals surface area contributed by atoms with Crippen LogP contribution in [0.2, 0.25) is 0 Å². The Kier molecular flexibility index (Phi) is 5.62. The highest BCUT2D eigenvalue weighted by Crippen LogP contribution is 2.38. The van der Waals surface area contributed by atoms with Crippen molar-refractivity contribution in [1.82, 2.24) is 0 Å². The molecule has 0 rings (SSSR count). The van der Waals surface area contributed by atoms with Crippen LogP contribution < -0.4 is 0 Å². The Morgan fingerprint density at radius 2 is 1.77 bits per heavy atom. The second-order valence-corrected chi connectivity index (χ2v) is 4.59. The van der Waals surface area contributed by atoms with Gasteiger partial charge >= 0.3 is 0 Å². The second-order valence-electron chi connectivity index (χ2n) is 4.59. The molecule has 13 heavy (non-hydrogen) atoms. The van der Waals surface area contributed by atoms with Gasteiger partial charge in [0.1, 0.15) is 0 Å². The average Bonchev–Trinajstić information content (AvgIpc) is 2.12. The molecule has 0 saturated carbocycles. The van der Waals surface area contributed by atoms with Crippen LogP contribution in [0.25, 0.3) is 0 Å². The first-order valence-corrected chi connectivity index (χ1v) is 5.67. The normalized spacial score (nSPS) is 20.8. The predicted molar refractivity (Wildman–Crippen MR) is 58.8 cm³/mol. The Morgan fingerprint density at radius 3 is 2.08 bits per heavy atom. The first-order valence-electron chi connectivity index (χ1n) is 5.67. The number of hydrogen-bond donors (Lipinski definition) is 1. The summed E-state index contributed by atoms with van der Waals surface area (Å²) in [7, 11) is 0. The van der Waals surface area contributed by atoms with E-state index in [0.717, 1.165) is 12.8 Å². The number of aliphatic hydroxyl groups is 1. The molecule has 0 aromatic rings. The van der Waals surface area contributed by atoms with E-state index in [2.05, 4.69) is 27.7 Å². The smallest absolute Gasteiger partial charge is 0.0568 e. The van der Waals surface area contributed by atoms with Gasteiger partial charge in [-0.2, -0.15) is 0 Å². The van der Waals surface area contributed by atoms with E-state index in [9.17, 15) is 5.11 Å². The Morgan fingerprint density at radius 1 is 1.23 bits per heavy atom. The fraction of sp³-hybridized carbons (Fsp3) is 1.00. The lowest BCUT2D eigenvalue weighted by molar-refractivity contribution is 0.000980. The topological polar surface area (TPSA) is 20.2 Å². The van der Waals surface area contributed by atoms with Crippen LogP contribution in [0, 0.1) is 11.3 Å². The van der Waals surface area contributed by atoms with Crippen molar-refractivity contribution in [2.24, 2.45) is 11.3 Å². The number of rotatable bonds is 6. The molecule has 1 heteroatoms. The SMILES string of the molecule is CCCC[C@](C)(C(C)CC)[C@@H](C)O. The first-order chi connectivity index (χ1) is 5.99. The van der Waals surface area contributed by atoms with Crippen LogP contribution >= 0.6 is 0 Å². The highest BCUT2D eigenvalue weighted by molar-refractivity contribution is 4.83. The van der Waals surface area contributed by atoms with E-state index < -0.39 is 0 Å². The summed E-state index contributed by atoms with van der Waals surface area (Å²) in [4.78, 5) is 0. The molecule has 0 bridgehead atoms. The zero-order chi connectivity index (χ0) is 10.5. The molecule has 0 aliphatic heterocycles. The fourth-order valence-electron chi connectivity index (χ4n) is 1.89. The number of aliphatic hydroxyl groups excluding tert-OH is 1. The highest BCUT2D eigenvalue weighted by atomic mass is 16.3. The highest BCUT2D eigenvalue weighted by Gasteiger charge is 2.33. The van der Waals surface area contributed by atoms with Crippen LogP contribution in [-0.4, -0.2) is 11.2 Å². The minimum atomic E-state index is -0.186. The molecule has 80 valence electrons. The first kappa shape index (κ1) is 13.0. The van der Waals surface area contributed by atoms with E-state index in [1.807, 2.05) is 6.92 Å². The summed E-state index contributed by atoms with van der Waals surface area (Å²) in [6.45, 7) is 10.8. The largest absolute Gasteiger partial charge is 0.393 e. The maximum Gasteiger partial charge on any atom is 0.0568 e. The predicted octanol–water partition coefficient (Wildman–Crippen LogP) is 3.61. The van der Waals surface area contributed by atoms with Crippen LogP contribution in [0.15, 0.2) is 0 Å². The van der Waals surface area contributed by atoms with Crippen LogP contribution in [0.3, 0.4) is 0 Å². The summed E-state index contributed by atoms with van der Waals surface area (Å²) in [6, 6.07) is 0. The molecule has 0 spiro atoms. The number of unbranched alkanes of at least 4 members (excludes halogenated alkanes) is 1. The Balaban J connectivity index is 4.33. The molecule has 0 saturated heterocycles. The monoisotopic (exact) mass is 186 g/mol. The van der Waals surface area contributed by atoms with Crippen molar-refractivity contribution in [3.8, 4) is 0 Å². The molecule has 1 nitrogen and oxygen atoms in total. The lowest BCUT2D eigenvalue weighted by atomic mass is 9.70. The van der Waals surface area contributed by atoms with Gasteiger partial charge in [-0.15, -0.1) is 0 Å². The molecule has 0 aromatic heterocycles. The minimum absolute atomic E-state index is 0.116. The lowest BCUT2D eigenvalue weighted by Crippen LogP contribution is -2.36. The van der Waals surface area contributed by atoms with Crippen molar-refractivity contribution in [1.29, 1.82) is 0 Å². The molecular weight excluding hydrogens is 160 g/mol. The summed E-state index contributed by atoms with van der Waals surface area (Å²) in [5, 5.41) is 9.80. The third kappa shape index (κ3) is 3.30. The molecule has 0 radical (unpaired) electrons. The molecular formula is C12H26O. The summed E-state index contributed by atoms with van der Waals surface area (Å²) in [6.07, 6.45) is 4.57. The average molecular weight is 186 g/mol. The quantitative estimate of drug-likeness (QED) is 0.672. The van der Waals surface area contributed by atoms with E-state index in [0.29, 0.717) is 5.92 Å². The fourth-order valence-corrected chi connectivity index (χ4v) is 1.89. The van der Waals surface area contributed by atoms with Gasteiger partial charge in [-0.3, -0.25) is 0 Å². The molecule has 0 aliphatic rings. The van der Waals surface area contributed by atoms with Gasteiger partial charge in [-0.25, -0.2) is 0 Å². The van der Waals surface area contributed by atoms with Crippen LogP contribution in [0.4, 0.5) is 0 Å². The van der Waals surface area contributed by atoms with Gasteiger partial charge in [-0.05, 0) is 24.7 Å². The van der Waals surface area contributed by atoms with E-state index >= 15 is 0 Å². The number of hydrogen-bond acceptors (Lipinski definition) is 1. The van der Waals surface area contributed by atoms with E-state index in [1.54, 1.807) is 0 Å². The summed E-state index contributed by atoms with van der Waals surface area (Å²) >= 11 is 0. The van der Waals surface area contributed by atoms with Crippen LogP contribution in [-0.2, 0) is 0 Å². The Bertz CT molecular complexity index is 131. The maximum absolute atomic E-state index is 9.80. The lowest BCUT2D eigenvalue weighted by Gasteiger charge is -2.38. The van der Waals surface area contributed by atoms with Gasteiger partial charge < -0.3 is 5.11 Å². The van der Waals surface area contributed by atoms with Gasteiger partial charge in [0.15, 0.2) is 0 Å².